The molecule has 0 saturated carbocycles. The number of hydrogen-bond donors (Lipinski definition) is 1. The lowest BCUT2D eigenvalue weighted by atomic mass is 10.4. The molecule has 0 spiro atoms. The van der Waals surface area contributed by atoms with Crippen LogP contribution in [0.3, 0.4) is 0 Å². The van der Waals surface area contributed by atoms with E-state index in [1.165, 1.54) is 7.11 Å². The second-order valence-corrected chi connectivity index (χ2v) is 2.05. The van der Waals surface area contributed by atoms with Gasteiger partial charge in [0.2, 0.25) is 0 Å². The largest absolute Gasteiger partial charge is 0.464 e. The molecule has 0 unspecified atom stereocenters. The molecule has 3 nitrogen and oxygen atoms in total. The zero-order valence-corrected chi connectivity index (χ0v) is 5.97. The lowest BCUT2D eigenvalue weighted by Gasteiger charge is -1.92. The molecule has 0 aliphatic rings. The zero-order valence-electron chi connectivity index (χ0n) is 5.97. The maximum Gasteiger partial charge on any atom is 0.354 e. The predicted octanol–water partition coefficient (Wildman–Crippen LogP) is 1.11. The SMILES string of the molecule is COC(=O)c1ccc(C)[nH]1. The first-order chi connectivity index (χ1) is 4.74. The number of hydrogen-bond acceptors (Lipinski definition) is 2. The van der Waals surface area contributed by atoms with E-state index in [-0.39, 0.29) is 5.97 Å². The van der Waals surface area contributed by atoms with E-state index in [4.69, 9.17) is 0 Å². The number of aromatic nitrogens is 1. The number of ether oxygens (including phenoxy) is 1. The van der Waals surface area contributed by atoms with Gasteiger partial charge in [0.1, 0.15) is 5.69 Å². The summed E-state index contributed by atoms with van der Waals surface area (Å²) >= 11 is 0. The molecule has 0 aliphatic heterocycles. The minimum atomic E-state index is -0.326. The molecule has 1 rings (SSSR count). The summed E-state index contributed by atoms with van der Waals surface area (Å²) in [7, 11) is 1.36. The van der Waals surface area contributed by atoms with Gasteiger partial charge in [-0.1, -0.05) is 0 Å². The highest BCUT2D eigenvalue weighted by Gasteiger charge is 2.04. The smallest absolute Gasteiger partial charge is 0.354 e. The van der Waals surface area contributed by atoms with E-state index >= 15 is 0 Å². The summed E-state index contributed by atoms with van der Waals surface area (Å²) in [4.78, 5) is 13.6. The first-order valence-electron chi connectivity index (χ1n) is 2.98. The Hall–Kier alpha value is -1.25. The number of esters is 1. The van der Waals surface area contributed by atoms with Crippen LogP contribution in [0, 0.1) is 6.92 Å². The van der Waals surface area contributed by atoms with Gasteiger partial charge in [-0.25, -0.2) is 4.79 Å². The Morgan fingerprint density at radius 2 is 2.30 bits per heavy atom. The molecule has 0 aromatic carbocycles. The highest BCUT2D eigenvalue weighted by atomic mass is 16.5. The van der Waals surface area contributed by atoms with Crippen molar-refractivity contribution >= 4 is 5.97 Å². The third kappa shape index (κ3) is 1.18. The van der Waals surface area contributed by atoms with E-state index in [2.05, 4.69) is 9.72 Å². The summed E-state index contributed by atoms with van der Waals surface area (Å²) < 4.78 is 4.48. The van der Waals surface area contributed by atoms with Crippen molar-refractivity contribution in [3.8, 4) is 0 Å². The van der Waals surface area contributed by atoms with E-state index in [0.717, 1.165) is 5.69 Å². The van der Waals surface area contributed by atoms with Gasteiger partial charge in [-0.2, -0.15) is 0 Å². The van der Waals surface area contributed by atoms with Gasteiger partial charge in [0.25, 0.3) is 0 Å². The van der Waals surface area contributed by atoms with Crippen molar-refractivity contribution in [3.05, 3.63) is 23.5 Å². The Bertz CT molecular complexity index is 240. The fraction of sp³-hybridized carbons (Fsp3) is 0.286. The maximum absolute atomic E-state index is 10.8. The molecule has 0 radical (unpaired) electrons. The third-order valence-corrected chi connectivity index (χ3v) is 1.24. The number of aryl methyl sites for hydroxylation is 1. The summed E-state index contributed by atoms with van der Waals surface area (Å²) in [6.07, 6.45) is 0. The summed E-state index contributed by atoms with van der Waals surface area (Å²) in [5.41, 5.74) is 1.46. The molecule has 3 heteroatoms. The van der Waals surface area contributed by atoms with Gasteiger partial charge in [0.05, 0.1) is 7.11 Å². The second-order valence-electron chi connectivity index (χ2n) is 2.05. The Morgan fingerprint density at radius 1 is 1.60 bits per heavy atom. The van der Waals surface area contributed by atoms with Crippen LogP contribution in [-0.4, -0.2) is 18.1 Å². The molecule has 1 aromatic rings. The van der Waals surface area contributed by atoms with Crippen LogP contribution in [-0.2, 0) is 4.74 Å². The minimum absolute atomic E-state index is 0.326. The van der Waals surface area contributed by atoms with E-state index in [1.807, 2.05) is 13.0 Å². The van der Waals surface area contributed by atoms with E-state index in [1.54, 1.807) is 6.07 Å². The number of methoxy groups -OCH3 is 1. The van der Waals surface area contributed by atoms with Crippen LogP contribution >= 0.6 is 0 Å². The summed E-state index contributed by atoms with van der Waals surface area (Å²) in [5, 5.41) is 0. The first-order valence-corrected chi connectivity index (χ1v) is 2.98. The number of aromatic amines is 1. The maximum atomic E-state index is 10.8. The van der Waals surface area contributed by atoms with Gasteiger partial charge < -0.3 is 9.72 Å². The van der Waals surface area contributed by atoms with Crippen molar-refractivity contribution in [1.29, 1.82) is 0 Å². The van der Waals surface area contributed by atoms with Gasteiger partial charge in [-0.15, -0.1) is 0 Å². The molecule has 54 valence electrons. The highest BCUT2D eigenvalue weighted by Crippen LogP contribution is 2.00. The summed E-state index contributed by atoms with van der Waals surface area (Å²) in [6.45, 7) is 1.88. The number of carbonyl (C=O) groups is 1. The fourth-order valence-electron chi connectivity index (χ4n) is 0.733. The average Bonchev–Trinajstić information content (AvgIpc) is 2.34. The third-order valence-electron chi connectivity index (χ3n) is 1.24. The van der Waals surface area contributed by atoms with Crippen LogP contribution in [0.15, 0.2) is 12.1 Å². The molecule has 1 aromatic heterocycles. The molecule has 0 bridgehead atoms. The Kier molecular flexibility index (Phi) is 1.76. The molecular formula is C7H9NO2. The van der Waals surface area contributed by atoms with Gasteiger partial charge in [-0.3, -0.25) is 0 Å². The van der Waals surface area contributed by atoms with Crippen LogP contribution in [0.5, 0.6) is 0 Å². The summed E-state index contributed by atoms with van der Waals surface area (Å²) in [5.74, 6) is -0.326. The number of nitrogens with one attached hydrogen (secondary N) is 1. The Labute approximate surface area is 59.0 Å². The fourth-order valence-corrected chi connectivity index (χ4v) is 0.733. The lowest BCUT2D eigenvalue weighted by Crippen LogP contribution is -2.00. The Morgan fingerprint density at radius 3 is 2.70 bits per heavy atom. The highest BCUT2D eigenvalue weighted by molar-refractivity contribution is 5.87. The predicted molar refractivity (Wildman–Crippen MR) is 36.9 cm³/mol. The van der Waals surface area contributed by atoms with Crippen molar-refractivity contribution < 1.29 is 9.53 Å². The second kappa shape index (κ2) is 2.56. The minimum Gasteiger partial charge on any atom is -0.464 e. The zero-order chi connectivity index (χ0) is 7.56. The molecule has 0 atom stereocenters. The molecular weight excluding hydrogens is 130 g/mol. The average molecular weight is 139 g/mol. The van der Waals surface area contributed by atoms with Crippen molar-refractivity contribution in [3.63, 3.8) is 0 Å². The van der Waals surface area contributed by atoms with Gasteiger partial charge in [-0.05, 0) is 19.1 Å². The topological polar surface area (TPSA) is 42.1 Å². The van der Waals surface area contributed by atoms with Crippen LogP contribution < -0.4 is 0 Å². The molecule has 0 amide bonds. The molecule has 1 heterocycles. The van der Waals surface area contributed by atoms with Gasteiger partial charge in [0, 0.05) is 5.69 Å². The lowest BCUT2D eigenvalue weighted by molar-refractivity contribution is 0.0594. The van der Waals surface area contributed by atoms with Crippen LogP contribution in [0.4, 0.5) is 0 Å². The first kappa shape index (κ1) is 6.86. The number of rotatable bonds is 1. The van der Waals surface area contributed by atoms with Crippen LogP contribution in [0.25, 0.3) is 0 Å². The van der Waals surface area contributed by atoms with Crippen LogP contribution in [0.1, 0.15) is 16.2 Å². The normalized spacial score (nSPS) is 9.40. The van der Waals surface area contributed by atoms with Crippen LogP contribution in [0.2, 0.25) is 0 Å². The summed E-state index contributed by atoms with van der Waals surface area (Å²) in [6, 6.07) is 3.52. The van der Waals surface area contributed by atoms with Crippen molar-refractivity contribution in [1.82, 2.24) is 4.98 Å². The molecule has 0 saturated heterocycles. The van der Waals surface area contributed by atoms with Crippen molar-refractivity contribution in [2.45, 2.75) is 6.92 Å². The molecule has 0 fully saturated rings. The van der Waals surface area contributed by atoms with E-state index in [0.29, 0.717) is 5.69 Å². The van der Waals surface area contributed by atoms with Crippen molar-refractivity contribution in [2.24, 2.45) is 0 Å². The Balaban J connectivity index is 2.85. The van der Waals surface area contributed by atoms with Gasteiger partial charge >= 0.3 is 5.97 Å². The van der Waals surface area contributed by atoms with E-state index < -0.39 is 0 Å². The molecule has 10 heavy (non-hydrogen) atoms. The van der Waals surface area contributed by atoms with E-state index in [9.17, 15) is 4.79 Å². The molecule has 1 N–H and O–H groups in total. The number of H-pyrrole nitrogens is 1. The molecule has 0 aliphatic carbocycles. The quantitative estimate of drug-likeness (QED) is 0.592. The monoisotopic (exact) mass is 139 g/mol. The number of carbonyl (C=O) groups excluding carboxylic acids is 1. The van der Waals surface area contributed by atoms with Crippen molar-refractivity contribution in [2.75, 3.05) is 7.11 Å². The van der Waals surface area contributed by atoms with Gasteiger partial charge in [0.15, 0.2) is 0 Å². The standard InChI is InChI=1S/C7H9NO2/c1-5-3-4-6(8-5)7(9)10-2/h3-4,8H,1-2H3.